The van der Waals surface area contributed by atoms with Crippen LogP contribution in [0.3, 0.4) is 0 Å². The van der Waals surface area contributed by atoms with Crippen LogP contribution in [0, 0.1) is 13.8 Å². The monoisotopic (exact) mass is 348 g/mol. The Hall–Kier alpha value is -2.26. The lowest BCUT2D eigenvalue weighted by molar-refractivity contribution is -0.120. The van der Waals surface area contributed by atoms with Gasteiger partial charge in [0.15, 0.2) is 11.6 Å². The molecule has 0 spiro atoms. The minimum absolute atomic E-state index is 0.0783. The van der Waals surface area contributed by atoms with Crippen molar-refractivity contribution in [2.75, 3.05) is 25.5 Å². The summed E-state index contributed by atoms with van der Waals surface area (Å²) < 4.78 is 9.99. The van der Waals surface area contributed by atoms with Crippen LogP contribution in [-0.4, -0.2) is 63.2 Å². The molecule has 1 N–H and O–H groups in total. The van der Waals surface area contributed by atoms with Crippen LogP contribution < -0.4 is 5.32 Å². The second-order valence-corrected chi connectivity index (χ2v) is 6.57. The van der Waals surface area contributed by atoms with Gasteiger partial charge in [-0.05, 0) is 27.3 Å². The van der Waals surface area contributed by atoms with Crippen LogP contribution in [0.5, 0.6) is 0 Å². The van der Waals surface area contributed by atoms with Gasteiger partial charge in [-0.25, -0.2) is 0 Å². The van der Waals surface area contributed by atoms with Crippen molar-refractivity contribution in [2.45, 2.75) is 45.8 Å². The van der Waals surface area contributed by atoms with Crippen LogP contribution in [0.15, 0.2) is 15.1 Å². The van der Waals surface area contributed by atoms with E-state index in [9.17, 15) is 4.79 Å². The average molecular weight is 348 g/mol. The molecule has 1 aliphatic heterocycles. The van der Waals surface area contributed by atoms with Gasteiger partial charge in [-0.1, -0.05) is 10.3 Å². The number of carbonyl (C=O) groups is 1. The van der Waals surface area contributed by atoms with Crippen LogP contribution in [-0.2, 0) is 11.3 Å². The van der Waals surface area contributed by atoms with E-state index in [1.807, 2.05) is 14.0 Å². The quantitative estimate of drug-likeness (QED) is 0.831. The topological polar surface area (TPSA) is 101 Å². The lowest BCUT2D eigenvalue weighted by Gasteiger charge is -2.26. The van der Waals surface area contributed by atoms with Crippen LogP contribution in [0.25, 0.3) is 0 Å². The lowest BCUT2D eigenvalue weighted by Crippen LogP contribution is -2.43. The molecule has 3 rings (SSSR count). The number of rotatable bonds is 6. The third-order valence-corrected chi connectivity index (χ3v) is 4.58. The maximum Gasteiger partial charge on any atom is 0.242 e. The maximum atomic E-state index is 12.4. The van der Waals surface area contributed by atoms with Crippen molar-refractivity contribution in [1.29, 1.82) is 0 Å². The molecule has 25 heavy (non-hydrogen) atoms. The normalized spacial score (nSPS) is 19.5. The molecular formula is C16H24N6O3. The van der Waals surface area contributed by atoms with E-state index in [1.54, 1.807) is 19.9 Å². The van der Waals surface area contributed by atoms with Crippen molar-refractivity contribution < 1.29 is 13.8 Å². The lowest BCUT2D eigenvalue weighted by atomic mass is 10.2. The highest BCUT2D eigenvalue weighted by Gasteiger charge is 2.32. The van der Waals surface area contributed by atoms with Gasteiger partial charge in [0.05, 0.1) is 12.6 Å². The number of hydrogen-bond donors (Lipinski definition) is 1. The molecule has 0 unspecified atom stereocenters. The number of likely N-dealkylation sites (N-methyl/N-ethyl adjacent to an activating group) is 1. The van der Waals surface area contributed by atoms with Crippen molar-refractivity contribution in [3.05, 3.63) is 23.5 Å². The van der Waals surface area contributed by atoms with E-state index in [0.717, 1.165) is 19.5 Å². The standard InChI is InChI=1S/C16H24N6O3/c1-10-7-14(19-24-10)18-16(23)11(2)22-6-5-13(8-22)21(4)9-15-17-12(3)25-20-15/h7,11,13H,5-6,8-9H2,1-4H3,(H,18,19,23)/t11-,13-/m1/s1. The summed E-state index contributed by atoms with van der Waals surface area (Å²) in [5.74, 6) is 2.30. The number of aromatic nitrogens is 3. The molecule has 2 aromatic heterocycles. The third-order valence-electron chi connectivity index (χ3n) is 4.58. The Kier molecular flexibility index (Phi) is 5.14. The molecule has 1 fully saturated rings. The van der Waals surface area contributed by atoms with Gasteiger partial charge < -0.3 is 14.4 Å². The molecule has 3 heterocycles. The fourth-order valence-corrected chi connectivity index (χ4v) is 3.06. The number of anilines is 1. The van der Waals surface area contributed by atoms with E-state index in [-0.39, 0.29) is 11.9 Å². The van der Waals surface area contributed by atoms with Crippen LogP contribution in [0.4, 0.5) is 5.82 Å². The second-order valence-electron chi connectivity index (χ2n) is 6.57. The number of aryl methyl sites for hydroxylation is 2. The first-order chi connectivity index (χ1) is 11.9. The predicted molar refractivity (Wildman–Crippen MR) is 89.8 cm³/mol. The fourth-order valence-electron chi connectivity index (χ4n) is 3.06. The Morgan fingerprint density at radius 3 is 2.88 bits per heavy atom. The average Bonchev–Trinajstić information content (AvgIpc) is 3.28. The van der Waals surface area contributed by atoms with E-state index in [1.165, 1.54) is 0 Å². The van der Waals surface area contributed by atoms with Gasteiger partial charge in [-0.15, -0.1) is 0 Å². The smallest absolute Gasteiger partial charge is 0.242 e. The molecule has 1 aliphatic rings. The third kappa shape index (κ3) is 4.23. The minimum Gasteiger partial charge on any atom is -0.360 e. The molecule has 0 aromatic carbocycles. The van der Waals surface area contributed by atoms with Crippen LogP contribution in [0.1, 0.15) is 30.8 Å². The van der Waals surface area contributed by atoms with E-state index >= 15 is 0 Å². The van der Waals surface area contributed by atoms with Crippen molar-refractivity contribution in [3.63, 3.8) is 0 Å². The van der Waals surface area contributed by atoms with Crippen molar-refractivity contribution >= 4 is 11.7 Å². The van der Waals surface area contributed by atoms with Gasteiger partial charge in [-0.3, -0.25) is 14.6 Å². The molecule has 1 amide bonds. The largest absolute Gasteiger partial charge is 0.360 e. The number of hydrogen-bond acceptors (Lipinski definition) is 8. The van der Waals surface area contributed by atoms with Crippen molar-refractivity contribution in [2.24, 2.45) is 0 Å². The Balaban J connectivity index is 1.51. The molecule has 9 heteroatoms. The number of nitrogens with one attached hydrogen (secondary N) is 1. The molecular weight excluding hydrogens is 324 g/mol. The summed E-state index contributed by atoms with van der Waals surface area (Å²) >= 11 is 0. The summed E-state index contributed by atoms with van der Waals surface area (Å²) in [5, 5.41) is 10.5. The number of carbonyl (C=O) groups excluding carboxylic acids is 1. The van der Waals surface area contributed by atoms with Gasteiger partial charge in [0.1, 0.15) is 5.76 Å². The Morgan fingerprint density at radius 2 is 2.24 bits per heavy atom. The highest BCUT2D eigenvalue weighted by molar-refractivity contribution is 5.93. The summed E-state index contributed by atoms with van der Waals surface area (Å²) in [5.41, 5.74) is 0. The van der Waals surface area contributed by atoms with Crippen LogP contribution >= 0.6 is 0 Å². The Labute approximate surface area is 146 Å². The van der Waals surface area contributed by atoms with Gasteiger partial charge in [0.2, 0.25) is 11.8 Å². The molecule has 1 saturated heterocycles. The van der Waals surface area contributed by atoms with Gasteiger partial charge in [0, 0.05) is 32.1 Å². The predicted octanol–water partition coefficient (Wildman–Crippen LogP) is 1.21. The number of amides is 1. The molecule has 136 valence electrons. The first-order valence-electron chi connectivity index (χ1n) is 8.40. The molecule has 9 nitrogen and oxygen atoms in total. The van der Waals surface area contributed by atoms with Crippen molar-refractivity contribution in [1.82, 2.24) is 25.1 Å². The minimum atomic E-state index is -0.233. The van der Waals surface area contributed by atoms with E-state index < -0.39 is 0 Å². The Morgan fingerprint density at radius 1 is 1.44 bits per heavy atom. The van der Waals surface area contributed by atoms with Gasteiger partial charge in [-0.2, -0.15) is 4.98 Å². The van der Waals surface area contributed by atoms with E-state index in [0.29, 0.717) is 35.9 Å². The summed E-state index contributed by atoms with van der Waals surface area (Å²) in [4.78, 5) is 21.0. The van der Waals surface area contributed by atoms with E-state index in [4.69, 9.17) is 9.05 Å². The molecule has 0 aliphatic carbocycles. The Bertz CT molecular complexity index is 727. The first-order valence-corrected chi connectivity index (χ1v) is 8.40. The zero-order valence-corrected chi connectivity index (χ0v) is 15.0. The van der Waals surface area contributed by atoms with Crippen LogP contribution in [0.2, 0.25) is 0 Å². The van der Waals surface area contributed by atoms with Crippen molar-refractivity contribution in [3.8, 4) is 0 Å². The first kappa shape index (κ1) is 17.6. The summed E-state index contributed by atoms with van der Waals surface area (Å²) in [7, 11) is 2.04. The number of likely N-dealkylation sites (tertiary alicyclic amines) is 1. The highest BCUT2D eigenvalue weighted by atomic mass is 16.5. The summed E-state index contributed by atoms with van der Waals surface area (Å²) in [6, 6.07) is 1.82. The molecule has 2 atom stereocenters. The molecule has 0 bridgehead atoms. The zero-order valence-electron chi connectivity index (χ0n) is 15.0. The molecule has 0 saturated carbocycles. The highest BCUT2D eigenvalue weighted by Crippen LogP contribution is 2.19. The second kappa shape index (κ2) is 7.32. The SMILES string of the molecule is Cc1cc(NC(=O)[C@@H](C)N2CC[C@@H](N(C)Cc3noc(C)n3)C2)no1. The summed E-state index contributed by atoms with van der Waals surface area (Å²) in [6.45, 7) is 7.80. The summed E-state index contributed by atoms with van der Waals surface area (Å²) in [6.07, 6.45) is 0.994. The maximum absolute atomic E-state index is 12.4. The zero-order chi connectivity index (χ0) is 18.0. The molecule has 0 radical (unpaired) electrons. The van der Waals surface area contributed by atoms with Gasteiger partial charge >= 0.3 is 0 Å². The number of nitrogens with zero attached hydrogens (tertiary/aromatic N) is 5. The fraction of sp³-hybridized carbons (Fsp3) is 0.625. The van der Waals surface area contributed by atoms with Gasteiger partial charge in [0.25, 0.3) is 0 Å². The molecule has 2 aromatic rings. The van der Waals surface area contributed by atoms with E-state index in [2.05, 4.69) is 30.4 Å².